The van der Waals surface area contributed by atoms with E-state index in [1.807, 2.05) is 13.8 Å². The number of methoxy groups -OCH3 is 1. The fourth-order valence-corrected chi connectivity index (χ4v) is 1.58. The van der Waals surface area contributed by atoms with Gasteiger partial charge in [-0.2, -0.15) is 5.10 Å². The van der Waals surface area contributed by atoms with Crippen molar-refractivity contribution < 1.29 is 4.74 Å². The van der Waals surface area contributed by atoms with Crippen molar-refractivity contribution in [1.82, 2.24) is 9.78 Å². The van der Waals surface area contributed by atoms with E-state index < -0.39 is 0 Å². The minimum atomic E-state index is -0.265. The van der Waals surface area contributed by atoms with Gasteiger partial charge in [0.15, 0.2) is 0 Å². The van der Waals surface area contributed by atoms with Gasteiger partial charge >= 0.3 is 0 Å². The van der Waals surface area contributed by atoms with Gasteiger partial charge in [-0.25, -0.2) is 4.68 Å². The molecule has 1 heterocycles. The van der Waals surface area contributed by atoms with Crippen LogP contribution < -0.4 is 10.9 Å². The number of nitrogens with one attached hydrogen (secondary N) is 1. The van der Waals surface area contributed by atoms with Crippen LogP contribution >= 0.6 is 11.6 Å². The van der Waals surface area contributed by atoms with Crippen LogP contribution in [0.5, 0.6) is 0 Å². The van der Waals surface area contributed by atoms with Crippen LogP contribution in [0.2, 0.25) is 5.02 Å². The van der Waals surface area contributed by atoms with Crippen LogP contribution in [0.1, 0.15) is 26.3 Å². The van der Waals surface area contributed by atoms with Crippen LogP contribution in [0.25, 0.3) is 0 Å². The van der Waals surface area contributed by atoms with Gasteiger partial charge in [-0.3, -0.25) is 4.79 Å². The Balaban J connectivity index is 2.75. The van der Waals surface area contributed by atoms with Crippen molar-refractivity contribution in [2.45, 2.75) is 26.3 Å². The summed E-state index contributed by atoms with van der Waals surface area (Å²) in [5, 5.41) is 7.32. The van der Waals surface area contributed by atoms with Crippen molar-refractivity contribution in [3.05, 3.63) is 21.6 Å². The minimum absolute atomic E-state index is 0.00235. The molecule has 0 aliphatic heterocycles. The van der Waals surface area contributed by atoms with Gasteiger partial charge < -0.3 is 10.1 Å². The van der Waals surface area contributed by atoms with E-state index in [-0.39, 0.29) is 16.6 Å². The van der Waals surface area contributed by atoms with Gasteiger partial charge in [0, 0.05) is 20.3 Å². The van der Waals surface area contributed by atoms with E-state index in [0.29, 0.717) is 18.8 Å². The van der Waals surface area contributed by atoms with E-state index in [1.54, 1.807) is 13.3 Å². The standard InChI is InChI=1S/C11H18ClN3O2/c1-8(2)15-11(16)10(12)9(7-14-15)13-5-4-6-17-3/h7-8,13H,4-6H2,1-3H3. The number of anilines is 1. The second-order valence-electron chi connectivity index (χ2n) is 3.99. The van der Waals surface area contributed by atoms with Crippen molar-refractivity contribution in [1.29, 1.82) is 0 Å². The molecule has 6 heteroatoms. The van der Waals surface area contributed by atoms with Gasteiger partial charge in [0.1, 0.15) is 5.02 Å². The maximum Gasteiger partial charge on any atom is 0.287 e. The quantitative estimate of drug-likeness (QED) is 0.793. The third kappa shape index (κ3) is 3.71. The molecular formula is C11H18ClN3O2. The number of rotatable bonds is 6. The summed E-state index contributed by atoms with van der Waals surface area (Å²) in [6, 6.07) is 0.00235. The van der Waals surface area contributed by atoms with Crippen LogP contribution in [-0.4, -0.2) is 30.0 Å². The second-order valence-corrected chi connectivity index (χ2v) is 4.37. The fraction of sp³-hybridized carbons (Fsp3) is 0.636. The molecule has 0 aromatic carbocycles. The number of nitrogens with zero attached hydrogens (tertiary/aromatic N) is 2. The molecule has 1 aromatic heterocycles. The van der Waals surface area contributed by atoms with Gasteiger partial charge in [0.2, 0.25) is 0 Å². The second kappa shape index (κ2) is 6.61. The van der Waals surface area contributed by atoms with Crippen LogP contribution in [0.15, 0.2) is 11.0 Å². The van der Waals surface area contributed by atoms with Crippen molar-refractivity contribution >= 4 is 17.3 Å². The normalized spacial score (nSPS) is 10.9. The molecule has 0 bridgehead atoms. The summed E-state index contributed by atoms with van der Waals surface area (Å²) in [6.45, 7) is 5.13. The molecule has 0 aliphatic carbocycles. The predicted octanol–water partition coefficient (Wildman–Crippen LogP) is 1.93. The maximum absolute atomic E-state index is 11.8. The third-order valence-corrected chi connectivity index (χ3v) is 2.64. The van der Waals surface area contributed by atoms with Crippen molar-refractivity contribution in [2.24, 2.45) is 0 Å². The van der Waals surface area contributed by atoms with E-state index in [2.05, 4.69) is 10.4 Å². The van der Waals surface area contributed by atoms with Crippen molar-refractivity contribution in [2.75, 3.05) is 25.6 Å². The Morgan fingerprint density at radius 3 is 2.88 bits per heavy atom. The lowest BCUT2D eigenvalue weighted by Gasteiger charge is -2.12. The molecule has 0 aliphatic rings. The molecule has 0 unspecified atom stereocenters. The molecular weight excluding hydrogens is 242 g/mol. The molecule has 5 nitrogen and oxygen atoms in total. The number of aromatic nitrogens is 2. The Morgan fingerprint density at radius 2 is 2.29 bits per heavy atom. The van der Waals surface area contributed by atoms with E-state index in [9.17, 15) is 4.79 Å². The molecule has 96 valence electrons. The lowest BCUT2D eigenvalue weighted by Crippen LogP contribution is -2.26. The van der Waals surface area contributed by atoms with Crippen LogP contribution in [0.4, 0.5) is 5.69 Å². The average Bonchev–Trinajstić information content (AvgIpc) is 2.29. The van der Waals surface area contributed by atoms with E-state index in [1.165, 1.54) is 4.68 Å². The molecule has 0 spiro atoms. The number of halogens is 1. The highest BCUT2D eigenvalue weighted by atomic mass is 35.5. The van der Waals surface area contributed by atoms with Crippen LogP contribution in [0, 0.1) is 0 Å². The zero-order chi connectivity index (χ0) is 12.8. The Labute approximate surface area is 106 Å². The fourth-order valence-electron chi connectivity index (χ4n) is 1.38. The maximum atomic E-state index is 11.8. The Hall–Kier alpha value is -1.07. The zero-order valence-electron chi connectivity index (χ0n) is 10.4. The summed E-state index contributed by atoms with van der Waals surface area (Å²) in [6.07, 6.45) is 2.43. The van der Waals surface area contributed by atoms with E-state index >= 15 is 0 Å². The lowest BCUT2D eigenvalue weighted by molar-refractivity contribution is 0.198. The summed E-state index contributed by atoms with van der Waals surface area (Å²) < 4.78 is 6.29. The lowest BCUT2D eigenvalue weighted by atomic mass is 10.3. The first kappa shape index (κ1) is 14.0. The summed E-state index contributed by atoms with van der Waals surface area (Å²) in [4.78, 5) is 11.8. The number of ether oxygens (including phenoxy) is 1. The minimum Gasteiger partial charge on any atom is -0.385 e. The first-order valence-electron chi connectivity index (χ1n) is 5.58. The van der Waals surface area contributed by atoms with Crippen molar-refractivity contribution in [3.8, 4) is 0 Å². The third-order valence-electron chi connectivity index (χ3n) is 2.27. The highest BCUT2D eigenvalue weighted by molar-refractivity contribution is 6.32. The van der Waals surface area contributed by atoms with E-state index in [4.69, 9.17) is 16.3 Å². The molecule has 0 saturated heterocycles. The summed E-state index contributed by atoms with van der Waals surface area (Å²) in [7, 11) is 1.65. The molecule has 0 atom stereocenters. The van der Waals surface area contributed by atoms with Gasteiger partial charge in [0.25, 0.3) is 5.56 Å². The highest BCUT2D eigenvalue weighted by Gasteiger charge is 2.10. The Kier molecular flexibility index (Phi) is 5.44. The molecule has 17 heavy (non-hydrogen) atoms. The molecule has 1 N–H and O–H groups in total. The molecule has 0 amide bonds. The van der Waals surface area contributed by atoms with Gasteiger partial charge in [-0.05, 0) is 20.3 Å². The molecule has 1 rings (SSSR count). The molecule has 1 aromatic rings. The van der Waals surface area contributed by atoms with Crippen LogP contribution in [-0.2, 0) is 4.74 Å². The van der Waals surface area contributed by atoms with E-state index in [0.717, 1.165) is 6.42 Å². The van der Waals surface area contributed by atoms with Crippen LogP contribution in [0.3, 0.4) is 0 Å². The van der Waals surface area contributed by atoms with Gasteiger partial charge in [0.05, 0.1) is 17.9 Å². The average molecular weight is 260 g/mol. The monoisotopic (exact) mass is 259 g/mol. The Morgan fingerprint density at radius 1 is 1.59 bits per heavy atom. The SMILES string of the molecule is COCCCNc1cnn(C(C)C)c(=O)c1Cl. The summed E-state index contributed by atoms with van der Waals surface area (Å²) in [5.41, 5.74) is 0.308. The topological polar surface area (TPSA) is 56.1 Å². The molecule has 0 saturated carbocycles. The molecule has 0 fully saturated rings. The first-order chi connectivity index (χ1) is 8.07. The predicted molar refractivity (Wildman–Crippen MR) is 68.9 cm³/mol. The van der Waals surface area contributed by atoms with Gasteiger partial charge in [-0.15, -0.1) is 0 Å². The number of hydrogen-bond donors (Lipinski definition) is 1. The molecule has 0 radical (unpaired) electrons. The zero-order valence-corrected chi connectivity index (χ0v) is 11.1. The number of hydrogen-bond acceptors (Lipinski definition) is 4. The highest BCUT2D eigenvalue weighted by Crippen LogP contribution is 2.16. The Bertz CT molecular complexity index is 418. The smallest absolute Gasteiger partial charge is 0.287 e. The first-order valence-corrected chi connectivity index (χ1v) is 5.95. The largest absolute Gasteiger partial charge is 0.385 e. The summed E-state index contributed by atoms with van der Waals surface area (Å²) in [5.74, 6) is 0. The van der Waals surface area contributed by atoms with Crippen molar-refractivity contribution in [3.63, 3.8) is 0 Å². The van der Waals surface area contributed by atoms with Gasteiger partial charge in [-0.1, -0.05) is 11.6 Å². The summed E-state index contributed by atoms with van der Waals surface area (Å²) >= 11 is 5.99.